The summed E-state index contributed by atoms with van der Waals surface area (Å²) in [5.74, 6) is 5.03. The van der Waals surface area contributed by atoms with Gasteiger partial charge in [0.1, 0.15) is 6.54 Å². The Morgan fingerprint density at radius 2 is 1.76 bits per heavy atom. The SMILES string of the molecule is C=CC[N+]1(CCO)CCN(C(=O)CC[C@@H](C)[C@H]2CCC3C4CCC5C[C@H](O)CC[C@]5(C)C4CC[C@@]32C)CC1. The molecule has 0 spiro atoms. The summed E-state index contributed by atoms with van der Waals surface area (Å²) in [7, 11) is 0. The minimum Gasteiger partial charge on any atom is -0.393 e. The fourth-order valence-electron chi connectivity index (χ4n) is 11.0. The first-order valence-electron chi connectivity index (χ1n) is 16.2. The molecule has 5 nitrogen and oxygen atoms in total. The maximum atomic E-state index is 13.2. The van der Waals surface area contributed by atoms with Gasteiger partial charge in [0.25, 0.3) is 0 Å². The Balaban J connectivity index is 1.16. The average Bonchev–Trinajstić information content (AvgIpc) is 3.25. The molecular weight excluding hydrogens is 472 g/mol. The molecule has 5 rings (SSSR count). The van der Waals surface area contributed by atoms with Gasteiger partial charge in [0.2, 0.25) is 5.91 Å². The molecule has 4 saturated carbocycles. The molecule has 1 aliphatic heterocycles. The summed E-state index contributed by atoms with van der Waals surface area (Å²) in [5.41, 5.74) is 0.894. The largest absolute Gasteiger partial charge is 0.393 e. The van der Waals surface area contributed by atoms with Crippen LogP contribution >= 0.6 is 0 Å². The monoisotopic (exact) mass is 529 g/mol. The number of carbonyl (C=O) groups is 1. The zero-order chi connectivity index (χ0) is 27.1. The van der Waals surface area contributed by atoms with Crippen molar-refractivity contribution in [1.29, 1.82) is 0 Å². The molecule has 5 aliphatic rings. The number of piperazine rings is 1. The maximum absolute atomic E-state index is 13.2. The summed E-state index contributed by atoms with van der Waals surface area (Å²) in [6.07, 6.45) is 15.1. The van der Waals surface area contributed by atoms with E-state index in [1.807, 2.05) is 6.08 Å². The van der Waals surface area contributed by atoms with Crippen molar-refractivity contribution in [2.24, 2.45) is 46.3 Å². The fourth-order valence-corrected chi connectivity index (χ4v) is 11.0. The van der Waals surface area contributed by atoms with E-state index in [9.17, 15) is 15.0 Å². The van der Waals surface area contributed by atoms with Gasteiger partial charge in [-0.1, -0.05) is 27.4 Å². The van der Waals surface area contributed by atoms with Gasteiger partial charge in [0, 0.05) is 6.42 Å². The summed E-state index contributed by atoms with van der Waals surface area (Å²) in [6, 6.07) is 0. The number of amides is 1. The van der Waals surface area contributed by atoms with Crippen molar-refractivity contribution >= 4 is 5.91 Å². The summed E-state index contributed by atoms with van der Waals surface area (Å²) >= 11 is 0. The minimum absolute atomic E-state index is 0.0582. The van der Waals surface area contributed by atoms with E-state index < -0.39 is 0 Å². The van der Waals surface area contributed by atoms with Crippen molar-refractivity contribution in [3.05, 3.63) is 12.7 Å². The van der Waals surface area contributed by atoms with Crippen molar-refractivity contribution in [3.8, 4) is 0 Å². The lowest BCUT2D eigenvalue weighted by atomic mass is 9.44. The van der Waals surface area contributed by atoms with Crippen LogP contribution in [-0.2, 0) is 4.79 Å². The molecule has 1 amide bonds. The summed E-state index contributed by atoms with van der Waals surface area (Å²) in [5, 5.41) is 19.9. The van der Waals surface area contributed by atoms with Crippen LogP contribution < -0.4 is 0 Å². The van der Waals surface area contributed by atoms with Gasteiger partial charge in [0.15, 0.2) is 0 Å². The maximum Gasteiger partial charge on any atom is 0.222 e. The predicted molar refractivity (Wildman–Crippen MR) is 153 cm³/mol. The molecule has 5 fully saturated rings. The normalized spacial score (nSPS) is 43.0. The molecule has 0 aromatic rings. The van der Waals surface area contributed by atoms with Crippen molar-refractivity contribution < 1.29 is 19.5 Å². The van der Waals surface area contributed by atoms with E-state index in [1.54, 1.807) is 0 Å². The standard InChI is InChI=1S/C33H57N2O3/c1-5-18-35(21-22-36)19-16-34(17-20-35)31(38)11-6-24(2)28-9-10-29-27-8-7-25-23-26(37)12-14-32(25,3)30(27)13-15-33(28,29)4/h5,24-30,36-37H,1,6-23H2,2-4H3/q+1/t24-,25?,26-,27?,28-,29?,30?,32+,33-/m1/s1. The number of carbonyl (C=O) groups excluding carboxylic acids is 1. The van der Waals surface area contributed by atoms with E-state index in [0.717, 1.165) is 92.6 Å². The van der Waals surface area contributed by atoms with E-state index in [0.29, 0.717) is 29.1 Å². The number of hydrogen-bond donors (Lipinski definition) is 2. The van der Waals surface area contributed by atoms with E-state index in [1.165, 1.54) is 44.9 Å². The first-order valence-corrected chi connectivity index (χ1v) is 16.2. The third-order valence-electron chi connectivity index (χ3n) is 13.3. The van der Waals surface area contributed by atoms with Crippen LogP contribution in [0.2, 0.25) is 0 Å². The first kappa shape index (κ1) is 28.6. The Morgan fingerprint density at radius 3 is 2.47 bits per heavy atom. The molecule has 0 radical (unpaired) electrons. The summed E-state index contributed by atoms with van der Waals surface area (Å²) < 4.78 is 0.866. The molecule has 0 bridgehead atoms. The van der Waals surface area contributed by atoms with Gasteiger partial charge < -0.3 is 19.6 Å². The molecular formula is C33H57N2O3+. The molecule has 38 heavy (non-hydrogen) atoms. The molecule has 5 heteroatoms. The van der Waals surface area contributed by atoms with Crippen molar-refractivity contribution in [1.82, 2.24) is 4.90 Å². The molecule has 4 aliphatic carbocycles. The number of aliphatic hydroxyl groups is 2. The number of hydrogen-bond acceptors (Lipinski definition) is 3. The van der Waals surface area contributed by atoms with Crippen LogP contribution in [-0.4, -0.2) is 77.5 Å². The highest BCUT2D eigenvalue weighted by Gasteiger charge is 2.60. The Hall–Kier alpha value is -0.910. The number of fused-ring (bicyclic) bond motifs is 5. The lowest BCUT2D eigenvalue weighted by molar-refractivity contribution is -0.926. The van der Waals surface area contributed by atoms with Gasteiger partial charge in [-0.05, 0) is 117 Å². The van der Waals surface area contributed by atoms with Crippen LogP contribution in [0.5, 0.6) is 0 Å². The zero-order valence-electron chi connectivity index (χ0n) is 24.8. The number of aliphatic hydroxyl groups excluding tert-OH is 2. The van der Waals surface area contributed by atoms with Gasteiger partial charge in [-0.15, -0.1) is 0 Å². The quantitative estimate of drug-likeness (QED) is 0.333. The summed E-state index contributed by atoms with van der Waals surface area (Å²) in [4.78, 5) is 15.3. The van der Waals surface area contributed by atoms with Crippen LogP contribution in [0.15, 0.2) is 12.7 Å². The molecule has 1 heterocycles. The van der Waals surface area contributed by atoms with Crippen molar-refractivity contribution in [2.45, 2.75) is 97.5 Å². The third-order valence-corrected chi connectivity index (χ3v) is 13.3. The zero-order valence-corrected chi connectivity index (χ0v) is 24.8. The first-order chi connectivity index (χ1) is 18.2. The number of rotatable bonds is 8. The Bertz CT molecular complexity index is 853. The second kappa shape index (κ2) is 11.2. The van der Waals surface area contributed by atoms with Gasteiger partial charge in [0.05, 0.1) is 45.4 Å². The van der Waals surface area contributed by atoms with Gasteiger partial charge >= 0.3 is 0 Å². The van der Waals surface area contributed by atoms with E-state index in [-0.39, 0.29) is 12.7 Å². The van der Waals surface area contributed by atoms with Crippen LogP contribution in [0.1, 0.15) is 91.4 Å². The lowest BCUT2D eigenvalue weighted by Gasteiger charge is -2.61. The third kappa shape index (κ3) is 5.02. The van der Waals surface area contributed by atoms with Gasteiger partial charge in [-0.2, -0.15) is 0 Å². The molecule has 2 N–H and O–H groups in total. The molecule has 9 atom stereocenters. The van der Waals surface area contributed by atoms with E-state index in [2.05, 4.69) is 32.3 Å². The van der Waals surface area contributed by atoms with Crippen LogP contribution in [0, 0.1) is 46.3 Å². The van der Waals surface area contributed by atoms with Crippen LogP contribution in [0.3, 0.4) is 0 Å². The van der Waals surface area contributed by atoms with Crippen LogP contribution in [0.25, 0.3) is 0 Å². The Kier molecular flexibility index (Phi) is 8.41. The van der Waals surface area contributed by atoms with Gasteiger partial charge in [-0.3, -0.25) is 4.79 Å². The van der Waals surface area contributed by atoms with Crippen molar-refractivity contribution in [3.63, 3.8) is 0 Å². The topological polar surface area (TPSA) is 60.8 Å². The highest BCUT2D eigenvalue weighted by Crippen LogP contribution is 2.68. The minimum atomic E-state index is -0.0582. The molecule has 1 saturated heterocycles. The molecule has 0 aromatic carbocycles. The Morgan fingerprint density at radius 1 is 1.05 bits per heavy atom. The summed E-state index contributed by atoms with van der Waals surface area (Å²) in [6.45, 7) is 16.9. The van der Waals surface area contributed by atoms with Crippen molar-refractivity contribution in [2.75, 3.05) is 45.9 Å². The molecule has 0 aromatic heterocycles. The predicted octanol–water partition coefficient (Wildman–Crippen LogP) is 5.26. The van der Waals surface area contributed by atoms with E-state index >= 15 is 0 Å². The average molecular weight is 530 g/mol. The smallest absolute Gasteiger partial charge is 0.222 e. The second-order valence-corrected chi connectivity index (χ2v) is 14.9. The molecule has 216 valence electrons. The second-order valence-electron chi connectivity index (χ2n) is 14.9. The Labute approximate surface area is 232 Å². The van der Waals surface area contributed by atoms with Gasteiger partial charge in [-0.25, -0.2) is 0 Å². The number of quaternary nitrogens is 1. The highest BCUT2D eigenvalue weighted by molar-refractivity contribution is 5.76. The highest BCUT2D eigenvalue weighted by atomic mass is 16.3. The number of nitrogens with zero attached hydrogens (tertiary/aromatic N) is 2. The molecule has 4 unspecified atom stereocenters. The lowest BCUT2D eigenvalue weighted by Crippen LogP contribution is -2.61. The van der Waals surface area contributed by atoms with Crippen LogP contribution in [0.4, 0.5) is 0 Å². The fraction of sp³-hybridized carbons (Fsp3) is 0.909. The van der Waals surface area contributed by atoms with E-state index in [4.69, 9.17) is 0 Å².